The van der Waals surface area contributed by atoms with Crippen LogP contribution in [-0.4, -0.2) is 15.9 Å². The number of aromatic nitrogens is 2. The van der Waals surface area contributed by atoms with Crippen LogP contribution in [0.25, 0.3) is 0 Å². The normalized spacial score (nSPS) is 10.3. The summed E-state index contributed by atoms with van der Waals surface area (Å²) in [6, 6.07) is 12.9. The number of aryl methyl sites for hydroxylation is 1. The molecular weight excluding hydrogens is 319 g/mol. The Morgan fingerprint density at radius 3 is 2.28 bits per heavy atom. The van der Waals surface area contributed by atoms with Gasteiger partial charge in [0, 0.05) is 30.2 Å². The molecule has 1 amide bonds. The third-order valence-electron chi connectivity index (χ3n) is 3.55. The minimum absolute atomic E-state index is 0.243. The van der Waals surface area contributed by atoms with Gasteiger partial charge in [-0.2, -0.15) is 0 Å². The van der Waals surface area contributed by atoms with Crippen molar-refractivity contribution in [2.45, 2.75) is 13.5 Å². The lowest BCUT2D eigenvalue weighted by atomic mass is 10.1. The summed E-state index contributed by atoms with van der Waals surface area (Å²) in [5, 5.41) is 5.85. The Hall–Kier alpha value is -3.28. The molecule has 1 heterocycles. The number of hydrogen-bond acceptors (Lipinski definition) is 4. The Morgan fingerprint density at radius 1 is 1.00 bits per heavy atom. The standard InChI is InChI=1S/C19H17FN4O/c1-13-10-21-19(22-11-13)23-12-14-2-4-15(5-3-14)18(25)24-17-8-6-16(20)7-9-17/h2-11H,12H2,1H3,(H,24,25)(H,21,22,23). The Morgan fingerprint density at radius 2 is 1.64 bits per heavy atom. The molecule has 0 bridgehead atoms. The highest BCUT2D eigenvalue weighted by atomic mass is 19.1. The molecule has 0 spiro atoms. The van der Waals surface area contributed by atoms with Gasteiger partial charge in [-0.1, -0.05) is 12.1 Å². The molecule has 0 unspecified atom stereocenters. The van der Waals surface area contributed by atoms with Gasteiger partial charge in [0.05, 0.1) is 0 Å². The molecule has 5 nitrogen and oxygen atoms in total. The number of hydrogen-bond donors (Lipinski definition) is 2. The topological polar surface area (TPSA) is 66.9 Å². The van der Waals surface area contributed by atoms with Crippen molar-refractivity contribution in [2.75, 3.05) is 10.6 Å². The lowest BCUT2D eigenvalue weighted by Crippen LogP contribution is -2.12. The van der Waals surface area contributed by atoms with E-state index in [4.69, 9.17) is 0 Å². The maximum atomic E-state index is 12.9. The molecule has 0 aliphatic carbocycles. The fourth-order valence-corrected chi connectivity index (χ4v) is 2.18. The average molecular weight is 336 g/mol. The summed E-state index contributed by atoms with van der Waals surface area (Å²) in [7, 11) is 0. The summed E-state index contributed by atoms with van der Waals surface area (Å²) in [5.41, 5.74) is 3.08. The van der Waals surface area contributed by atoms with Crippen LogP contribution >= 0.6 is 0 Å². The van der Waals surface area contributed by atoms with Gasteiger partial charge in [-0.3, -0.25) is 4.79 Å². The molecule has 3 rings (SSSR count). The van der Waals surface area contributed by atoms with Crippen molar-refractivity contribution in [3.63, 3.8) is 0 Å². The summed E-state index contributed by atoms with van der Waals surface area (Å²) in [6.07, 6.45) is 3.50. The molecule has 0 saturated heterocycles. The van der Waals surface area contributed by atoms with E-state index >= 15 is 0 Å². The molecule has 6 heteroatoms. The number of carbonyl (C=O) groups is 1. The summed E-state index contributed by atoms with van der Waals surface area (Å²) in [6.45, 7) is 2.49. The molecule has 0 aliphatic rings. The van der Waals surface area contributed by atoms with Gasteiger partial charge in [-0.25, -0.2) is 14.4 Å². The van der Waals surface area contributed by atoms with Crippen LogP contribution in [0.15, 0.2) is 60.9 Å². The van der Waals surface area contributed by atoms with E-state index < -0.39 is 0 Å². The maximum Gasteiger partial charge on any atom is 0.255 e. The largest absolute Gasteiger partial charge is 0.350 e. The molecule has 0 fully saturated rings. The van der Waals surface area contributed by atoms with E-state index in [0.29, 0.717) is 23.7 Å². The molecular formula is C19H17FN4O. The average Bonchev–Trinajstić information content (AvgIpc) is 2.63. The first kappa shape index (κ1) is 16.6. The van der Waals surface area contributed by atoms with Gasteiger partial charge in [0.25, 0.3) is 5.91 Å². The molecule has 0 radical (unpaired) electrons. The van der Waals surface area contributed by atoms with Crippen molar-refractivity contribution in [3.05, 3.63) is 83.4 Å². The SMILES string of the molecule is Cc1cnc(NCc2ccc(C(=O)Nc3ccc(F)cc3)cc2)nc1. The van der Waals surface area contributed by atoms with E-state index in [1.807, 2.05) is 19.1 Å². The highest BCUT2D eigenvalue weighted by molar-refractivity contribution is 6.04. The van der Waals surface area contributed by atoms with E-state index in [2.05, 4.69) is 20.6 Å². The first-order chi connectivity index (χ1) is 12.1. The van der Waals surface area contributed by atoms with Crippen LogP contribution in [0.1, 0.15) is 21.5 Å². The Labute approximate surface area is 145 Å². The zero-order valence-electron chi connectivity index (χ0n) is 13.7. The van der Waals surface area contributed by atoms with Crippen molar-refractivity contribution < 1.29 is 9.18 Å². The number of benzene rings is 2. The van der Waals surface area contributed by atoms with Crippen LogP contribution in [0, 0.1) is 12.7 Å². The second kappa shape index (κ2) is 7.53. The van der Waals surface area contributed by atoms with Gasteiger partial charge in [0.2, 0.25) is 5.95 Å². The van der Waals surface area contributed by atoms with Crippen LogP contribution in [0.4, 0.5) is 16.0 Å². The van der Waals surface area contributed by atoms with E-state index in [-0.39, 0.29) is 11.7 Å². The second-order valence-corrected chi connectivity index (χ2v) is 5.60. The molecule has 126 valence electrons. The molecule has 3 aromatic rings. The second-order valence-electron chi connectivity index (χ2n) is 5.60. The first-order valence-electron chi connectivity index (χ1n) is 7.78. The monoisotopic (exact) mass is 336 g/mol. The third kappa shape index (κ3) is 4.60. The fraction of sp³-hybridized carbons (Fsp3) is 0.105. The first-order valence-corrected chi connectivity index (χ1v) is 7.78. The molecule has 0 aliphatic heterocycles. The van der Waals surface area contributed by atoms with Crippen LogP contribution < -0.4 is 10.6 Å². The molecule has 25 heavy (non-hydrogen) atoms. The van der Waals surface area contributed by atoms with E-state index in [1.54, 1.807) is 24.5 Å². The van der Waals surface area contributed by atoms with E-state index in [0.717, 1.165) is 11.1 Å². The van der Waals surface area contributed by atoms with Crippen LogP contribution in [0.2, 0.25) is 0 Å². The van der Waals surface area contributed by atoms with Crippen LogP contribution in [0.3, 0.4) is 0 Å². The summed E-state index contributed by atoms with van der Waals surface area (Å²) in [4.78, 5) is 20.5. The Kier molecular flexibility index (Phi) is 4.99. The number of amides is 1. The number of carbonyl (C=O) groups excluding carboxylic acids is 1. The minimum atomic E-state index is -0.340. The number of anilines is 2. The zero-order chi connectivity index (χ0) is 17.6. The number of rotatable bonds is 5. The molecule has 2 aromatic carbocycles. The third-order valence-corrected chi connectivity index (χ3v) is 3.55. The van der Waals surface area contributed by atoms with E-state index in [9.17, 15) is 9.18 Å². The molecule has 1 aromatic heterocycles. The van der Waals surface area contributed by atoms with E-state index in [1.165, 1.54) is 24.3 Å². The lowest BCUT2D eigenvalue weighted by molar-refractivity contribution is 0.102. The van der Waals surface area contributed by atoms with Crippen molar-refractivity contribution in [1.82, 2.24) is 9.97 Å². The summed E-state index contributed by atoms with van der Waals surface area (Å²) >= 11 is 0. The van der Waals surface area contributed by atoms with Crippen molar-refractivity contribution >= 4 is 17.5 Å². The van der Waals surface area contributed by atoms with Gasteiger partial charge in [-0.05, 0) is 54.4 Å². The number of nitrogens with zero attached hydrogens (tertiary/aromatic N) is 2. The van der Waals surface area contributed by atoms with Gasteiger partial charge in [0.1, 0.15) is 5.82 Å². The summed E-state index contributed by atoms with van der Waals surface area (Å²) in [5.74, 6) is -0.0240. The van der Waals surface area contributed by atoms with Crippen molar-refractivity contribution in [2.24, 2.45) is 0 Å². The zero-order valence-corrected chi connectivity index (χ0v) is 13.7. The van der Waals surface area contributed by atoms with Gasteiger partial charge >= 0.3 is 0 Å². The Balaban J connectivity index is 1.58. The number of halogens is 1. The van der Waals surface area contributed by atoms with Gasteiger partial charge in [-0.15, -0.1) is 0 Å². The van der Waals surface area contributed by atoms with Gasteiger partial charge in [0.15, 0.2) is 0 Å². The smallest absolute Gasteiger partial charge is 0.255 e. The Bertz CT molecular complexity index is 846. The predicted molar refractivity (Wildman–Crippen MR) is 94.9 cm³/mol. The maximum absolute atomic E-state index is 12.9. The van der Waals surface area contributed by atoms with Crippen LogP contribution in [-0.2, 0) is 6.54 Å². The number of nitrogens with one attached hydrogen (secondary N) is 2. The fourth-order valence-electron chi connectivity index (χ4n) is 2.18. The van der Waals surface area contributed by atoms with Gasteiger partial charge < -0.3 is 10.6 Å². The predicted octanol–water partition coefficient (Wildman–Crippen LogP) is 3.79. The minimum Gasteiger partial charge on any atom is -0.350 e. The molecule has 0 saturated carbocycles. The van der Waals surface area contributed by atoms with Crippen LogP contribution in [0.5, 0.6) is 0 Å². The van der Waals surface area contributed by atoms with Crippen molar-refractivity contribution in [1.29, 1.82) is 0 Å². The molecule has 2 N–H and O–H groups in total. The van der Waals surface area contributed by atoms with Crippen molar-refractivity contribution in [3.8, 4) is 0 Å². The highest BCUT2D eigenvalue weighted by Crippen LogP contribution is 2.12. The lowest BCUT2D eigenvalue weighted by Gasteiger charge is -2.07. The quantitative estimate of drug-likeness (QED) is 0.744. The molecule has 0 atom stereocenters. The summed E-state index contributed by atoms with van der Waals surface area (Å²) < 4.78 is 12.9. The highest BCUT2D eigenvalue weighted by Gasteiger charge is 2.06.